The van der Waals surface area contributed by atoms with Crippen molar-refractivity contribution in [2.75, 3.05) is 24.8 Å². The summed E-state index contributed by atoms with van der Waals surface area (Å²) < 4.78 is 23.1. The molecule has 4 aromatic rings. The van der Waals surface area contributed by atoms with Crippen LogP contribution in [0.3, 0.4) is 0 Å². The molecular formula is C20H20N4O3S. The molecule has 0 spiro atoms. The number of amides is 1. The Morgan fingerprint density at radius 3 is 2.25 bits per heavy atom. The van der Waals surface area contributed by atoms with Gasteiger partial charge in [0.25, 0.3) is 0 Å². The summed E-state index contributed by atoms with van der Waals surface area (Å²) in [6, 6.07) is 18.3. The number of hydrogen-bond acceptors (Lipinski definition) is 5. The molecule has 4 N–H and O–H groups in total. The van der Waals surface area contributed by atoms with Crippen LogP contribution in [0.1, 0.15) is 0 Å². The van der Waals surface area contributed by atoms with Gasteiger partial charge in [0, 0.05) is 11.1 Å². The molecule has 0 heterocycles. The lowest BCUT2D eigenvalue weighted by atomic mass is 9.93. The molecule has 0 aliphatic heterocycles. The van der Waals surface area contributed by atoms with Gasteiger partial charge in [0.2, 0.25) is 15.9 Å². The molecule has 1 amide bonds. The Bertz CT molecular complexity index is 1260. The van der Waals surface area contributed by atoms with Gasteiger partial charge in [-0.2, -0.15) is 0 Å². The van der Waals surface area contributed by atoms with E-state index in [2.05, 4.69) is 45.2 Å². The molecule has 0 aliphatic carbocycles. The molecule has 4 rings (SSSR count). The number of hydrogen-bond donors (Lipinski definition) is 4. The fraction of sp³-hybridized carbons (Fsp3) is 0.150. The summed E-state index contributed by atoms with van der Waals surface area (Å²) in [5.41, 5.74) is 3.13. The number of benzene rings is 4. The first-order chi connectivity index (χ1) is 13.5. The van der Waals surface area contributed by atoms with Gasteiger partial charge in [-0.25, -0.2) is 13.8 Å². The van der Waals surface area contributed by atoms with Crippen molar-refractivity contribution in [3.63, 3.8) is 0 Å². The number of anilines is 1. The van der Waals surface area contributed by atoms with Crippen LogP contribution in [0, 0.1) is 0 Å². The van der Waals surface area contributed by atoms with Crippen LogP contribution < -0.4 is 20.9 Å². The lowest BCUT2D eigenvalue weighted by Gasteiger charge is -2.14. The SMILES string of the molecule is CNCS(=O)(=O)NNCC(=O)Nc1ccc2ccc3cccc4ccc1c2c34. The molecule has 7 nitrogen and oxygen atoms in total. The molecule has 0 atom stereocenters. The maximum Gasteiger partial charge on any atom is 0.239 e. The molecule has 0 saturated heterocycles. The molecule has 0 fully saturated rings. The first-order valence-electron chi connectivity index (χ1n) is 8.82. The summed E-state index contributed by atoms with van der Waals surface area (Å²) >= 11 is 0. The lowest BCUT2D eigenvalue weighted by molar-refractivity contribution is -0.115. The highest BCUT2D eigenvalue weighted by Crippen LogP contribution is 2.37. The van der Waals surface area contributed by atoms with Crippen molar-refractivity contribution < 1.29 is 13.2 Å². The van der Waals surface area contributed by atoms with Gasteiger partial charge in [0.05, 0.1) is 6.54 Å². The molecule has 28 heavy (non-hydrogen) atoms. The van der Waals surface area contributed by atoms with Crippen molar-refractivity contribution >= 4 is 53.9 Å². The second kappa shape index (κ2) is 7.33. The van der Waals surface area contributed by atoms with Crippen LogP contribution in [0.4, 0.5) is 5.69 Å². The van der Waals surface area contributed by atoms with Gasteiger partial charge >= 0.3 is 0 Å². The molecule has 0 unspecified atom stereocenters. The minimum Gasteiger partial charge on any atom is -0.324 e. The Labute approximate surface area is 162 Å². The lowest BCUT2D eigenvalue weighted by Crippen LogP contribution is -2.44. The largest absolute Gasteiger partial charge is 0.324 e. The van der Waals surface area contributed by atoms with Crippen molar-refractivity contribution in [1.82, 2.24) is 15.6 Å². The third-order valence-corrected chi connectivity index (χ3v) is 5.74. The van der Waals surface area contributed by atoms with E-state index in [4.69, 9.17) is 0 Å². The maximum atomic E-state index is 12.3. The molecule has 0 bridgehead atoms. The van der Waals surface area contributed by atoms with E-state index < -0.39 is 10.0 Å². The van der Waals surface area contributed by atoms with Crippen molar-refractivity contribution in [2.45, 2.75) is 0 Å². The standard InChI is InChI=1S/C20H20N4O3S/c1-21-12-28(26,27)24-22-11-18(25)23-17-10-8-15-6-5-13-3-2-4-14-7-9-16(17)20(15)19(13)14/h2-10,21-22,24H,11-12H2,1H3,(H,23,25). The van der Waals surface area contributed by atoms with Crippen LogP contribution in [0.5, 0.6) is 0 Å². The summed E-state index contributed by atoms with van der Waals surface area (Å²) in [6.07, 6.45) is 0. The number of rotatable bonds is 7. The van der Waals surface area contributed by atoms with Gasteiger partial charge in [0.1, 0.15) is 5.88 Å². The first-order valence-corrected chi connectivity index (χ1v) is 10.5. The monoisotopic (exact) mass is 396 g/mol. The Balaban J connectivity index is 1.60. The smallest absolute Gasteiger partial charge is 0.239 e. The third-order valence-electron chi connectivity index (χ3n) is 4.61. The molecule has 144 valence electrons. The summed E-state index contributed by atoms with van der Waals surface area (Å²) in [7, 11) is -1.99. The van der Waals surface area contributed by atoms with Gasteiger partial charge in [-0.1, -0.05) is 48.5 Å². The number of hydrazine groups is 1. The van der Waals surface area contributed by atoms with E-state index in [1.54, 1.807) is 0 Å². The van der Waals surface area contributed by atoms with E-state index in [1.165, 1.54) is 12.4 Å². The van der Waals surface area contributed by atoms with E-state index in [9.17, 15) is 13.2 Å². The highest BCUT2D eigenvalue weighted by molar-refractivity contribution is 7.89. The number of carbonyl (C=O) groups excluding carboxylic acids is 1. The summed E-state index contributed by atoms with van der Waals surface area (Å²) in [5.74, 6) is -0.585. The highest BCUT2D eigenvalue weighted by atomic mass is 32.2. The number of nitrogens with one attached hydrogen (secondary N) is 4. The van der Waals surface area contributed by atoms with Crippen molar-refractivity contribution in [3.8, 4) is 0 Å². The van der Waals surface area contributed by atoms with Crippen molar-refractivity contribution in [1.29, 1.82) is 0 Å². The highest BCUT2D eigenvalue weighted by Gasteiger charge is 2.13. The Morgan fingerprint density at radius 1 is 0.893 bits per heavy atom. The van der Waals surface area contributed by atoms with Gasteiger partial charge in [0.15, 0.2) is 0 Å². The van der Waals surface area contributed by atoms with E-state index in [0.29, 0.717) is 5.69 Å². The van der Waals surface area contributed by atoms with Gasteiger partial charge in [-0.05, 0) is 40.0 Å². The van der Waals surface area contributed by atoms with Crippen molar-refractivity contribution in [3.05, 3.63) is 54.6 Å². The molecule has 0 aromatic heterocycles. The topological polar surface area (TPSA) is 99.3 Å². The van der Waals surface area contributed by atoms with E-state index >= 15 is 0 Å². The fourth-order valence-electron chi connectivity index (χ4n) is 3.49. The Morgan fingerprint density at radius 2 is 1.54 bits per heavy atom. The van der Waals surface area contributed by atoms with Gasteiger partial charge in [-0.15, -0.1) is 4.83 Å². The van der Waals surface area contributed by atoms with E-state index in [-0.39, 0.29) is 18.3 Å². The predicted octanol–water partition coefficient (Wildman–Crippen LogP) is 2.12. The first kappa shape index (κ1) is 18.6. The molecule has 0 aliphatic rings. The summed E-state index contributed by atoms with van der Waals surface area (Å²) in [5, 5.41) is 12.0. The van der Waals surface area contributed by atoms with Gasteiger partial charge < -0.3 is 10.6 Å². The maximum absolute atomic E-state index is 12.3. The van der Waals surface area contributed by atoms with Gasteiger partial charge in [-0.3, -0.25) is 4.79 Å². The average Bonchev–Trinajstić information content (AvgIpc) is 2.67. The fourth-order valence-corrected chi connectivity index (χ4v) is 4.24. The minimum atomic E-state index is -3.52. The van der Waals surface area contributed by atoms with Crippen LogP contribution in [0.2, 0.25) is 0 Å². The summed E-state index contributed by atoms with van der Waals surface area (Å²) in [4.78, 5) is 14.4. The van der Waals surface area contributed by atoms with Crippen molar-refractivity contribution in [2.24, 2.45) is 0 Å². The van der Waals surface area contributed by atoms with Crippen LogP contribution in [-0.4, -0.2) is 33.8 Å². The normalized spacial score (nSPS) is 12.2. The second-order valence-electron chi connectivity index (χ2n) is 6.59. The Kier molecular flexibility index (Phi) is 4.86. The predicted molar refractivity (Wildman–Crippen MR) is 113 cm³/mol. The third kappa shape index (κ3) is 3.50. The molecule has 0 saturated carbocycles. The average molecular weight is 396 g/mol. The zero-order valence-electron chi connectivity index (χ0n) is 15.2. The quantitative estimate of drug-likeness (QED) is 0.283. The second-order valence-corrected chi connectivity index (χ2v) is 8.31. The minimum absolute atomic E-state index is 0.190. The zero-order valence-corrected chi connectivity index (χ0v) is 16.1. The molecular weight excluding hydrogens is 376 g/mol. The van der Waals surface area contributed by atoms with Crippen LogP contribution >= 0.6 is 0 Å². The van der Waals surface area contributed by atoms with Crippen LogP contribution in [0.25, 0.3) is 32.3 Å². The Hall–Kier alpha value is -2.78. The van der Waals surface area contributed by atoms with E-state index in [0.717, 1.165) is 26.9 Å². The number of carbonyl (C=O) groups is 1. The molecule has 8 heteroatoms. The van der Waals surface area contributed by atoms with E-state index in [1.807, 2.05) is 30.3 Å². The zero-order chi connectivity index (χ0) is 19.7. The molecule has 0 radical (unpaired) electrons. The number of sulfonamides is 1. The summed E-state index contributed by atoms with van der Waals surface area (Å²) in [6.45, 7) is -0.190. The van der Waals surface area contributed by atoms with Crippen LogP contribution in [-0.2, 0) is 14.8 Å². The van der Waals surface area contributed by atoms with Crippen LogP contribution in [0.15, 0.2) is 54.6 Å². The molecule has 4 aromatic carbocycles.